The number of nitrogen functional groups attached to an aromatic ring is 1. The maximum absolute atomic E-state index is 11.8. The Morgan fingerprint density at radius 3 is 2.75 bits per heavy atom. The Labute approximate surface area is 114 Å². The van der Waals surface area contributed by atoms with Crippen molar-refractivity contribution >= 4 is 11.0 Å². The molecule has 0 amide bonds. The van der Waals surface area contributed by atoms with E-state index in [1.807, 2.05) is 31.2 Å². The molecule has 0 radical (unpaired) electrons. The van der Waals surface area contributed by atoms with E-state index in [0.29, 0.717) is 17.6 Å². The van der Waals surface area contributed by atoms with E-state index in [9.17, 15) is 4.79 Å². The average molecular weight is 271 g/mol. The summed E-state index contributed by atoms with van der Waals surface area (Å²) in [7, 11) is 0. The van der Waals surface area contributed by atoms with Crippen molar-refractivity contribution in [2.24, 2.45) is 0 Å². The minimum atomic E-state index is -0.327. The van der Waals surface area contributed by atoms with Gasteiger partial charge in [0, 0.05) is 0 Å². The second-order valence-electron chi connectivity index (χ2n) is 4.18. The van der Waals surface area contributed by atoms with Gasteiger partial charge in [-0.05, 0) is 31.2 Å². The highest BCUT2D eigenvalue weighted by atomic mass is 16.5. The third-order valence-corrected chi connectivity index (χ3v) is 2.91. The van der Waals surface area contributed by atoms with Gasteiger partial charge in [-0.15, -0.1) is 0 Å². The van der Waals surface area contributed by atoms with Gasteiger partial charge >= 0.3 is 0 Å². The van der Waals surface area contributed by atoms with Crippen molar-refractivity contribution in [1.82, 2.24) is 19.4 Å². The summed E-state index contributed by atoms with van der Waals surface area (Å²) in [4.78, 5) is 16.0. The van der Waals surface area contributed by atoms with Crippen LogP contribution in [-0.4, -0.2) is 26.0 Å². The standard InChI is InChI=1S/C13H13N5O2/c1-2-20-10-5-3-9(4-6-10)18-12-11(7-16-18)13(19)17(14)8-15-12/h3-8H,2,14H2,1H3. The quantitative estimate of drug-likeness (QED) is 0.708. The minimum absolute atomic E-state index is 0.327. The highest BCUT2D eigenvalue weighted by molar-refractivity contribution is 5.74. The Morgan fingerprint density at radius 2 is 2.05 bits per heavy atom. The molecule has 2 aromatic heterocycles. The summed E-state index contributed by atoms with van der Waals surface area (Å²) in [6, 6.07) is 7.40. The molecular weight excluding hydrogens is 258 g/mol. The van der Waals surface area contributed by atoms with Crippen molar-refractivity contribution in [2.45, 2.75) is 6.92 Å². The van der Waals surface area contributed by atoms with Crippen molar-refractivity contribution in [3.63, 3.8) is 0 Å². The van der Waals surface area contributed by atoms with Gasteiger partial charge in [-0.2, -0.15) is 5.10 Å². The molecule has 3 rings (SSSR count). The van der Waals surface area contributed by atoms with E-state index in [1.54, 1.807) is 4.68 Å². The fourth-order valence-corrected chi connectivity index (χ4v) is 1.96. The molecule has 20 heavy (non-hydrogen) atoms. The van der Waals surface area contributed by atoms with E-state index in [-0.39, 0.29) is 5.56 Å². The highest BCUT2D eigenvalue weighted by Crippen LogP contribution is 2.17. The summed E-state index contributed by atoms with van der Waals surface area (Å²) in [5.41, 5.74) is 0.943. The molecule has 7 nitrogen and oxygen atoms in total. The summed E-state index contributed by atoms with van der Waals surface area (Å²) in [5.74, 6) is 6.26. The van der Waals surface area contributed by atoms with Crippen molar-refractivity contribution < 1.29 is 4.74 Å². The molecule has 0 fully saturated rings. The summed E-state index contributed by atoms with van der Waals surface area (Å²) in [6.07, 6.45) is 2.74. The molecule has 0 saturated heterocycles. The predicted octanol–water partition coefficient (Wildman–Crippen LogP) is 0.695. The molecule has 0 saturated carbocycles. The Kier molecular flexibility index (Phi) is 2.86. The lowest BCUT2D eigenvalue weighted by Crippen LogP contribution is -2.26. The summed E-state index contributed by atoms with van der Waals surface area (Å²) >= 11 is 0. The Bertz CT molecular complexity index is 804. The van der Waals surface area contributed by atoms with Crippen LogP contribution in [0, 0.1) is 0 Å². The van der Waals surface area contributed by atoms with Gasteiger partial charge in [0.1, 0.15) is 17.5 Å². The van der Waals surface area contributed by atoms with Gasteiger partial charge in [0.2, 0.25) is 0 Å². The molecule has 1 aromatic carbocycles. The number of aromatic nitrogens is 4. The van der Waals surface area contributed by atoms with Gasteiger partial charge in [0.05, 0.1) is 18.5 Å². The number of benzene rings is 1. The molecule has 0 bridgehead atoms. The molecule has 3 aromatic rings. The van der Waals surface area contributed by atoms with Crippen LogP contribution in [0.4, 0.5) is 0 Å². The first-order valence-corrected chi connectivity index (χ1v) is 6.14. The fraction of sp³-hybridized carbons (Fsp3) is 0.154. The van der Waals surface area contributed by atoms with Crippen LogP contribution < -0.4 is 16.1 Å². The molecule has 0 aliphatic carbocycles. The Morgan fingerprint density at radius 1 is 1.30 bits per heavy atom. The van der Waals surface area contributed by atoms with E-state index in [1.165, 1.54) is 12.5 Å². The number of rotatable bonds is 3. The van der Waals surface area contributed by atoms with Gasteiger partial charge in [-0.25, -0.2) is 14.3 Å². The monoisotopic (exact) mass is 271 g/mol. The molecule has 0 aliphatic heterocycles. The Balaban J connectivity index is 2.10. The van der Waals surface area contributed by atoms with Crippen LogP contribution in [0.5, 0.6) is 5.75 Å². The average Bonchev–Trinajstić information content (AvgIpc) is 2.89. The molecule has 7 heteroatoms. The highest BCUT2D eigenvalue weighted by Gasteiger charge is 2.10. The van der Waals surface area contributed by atoms with Crippen molar-refractivity contribution in [3.05, 3.63) is 47.1 Å². The van der Waals surface area contributed by atoms with E-state index in [2.05, 4.69) is 10.1 Å². The van der Waals surface area contributed by atoms with E-state index < -0.39 is 0 Å². The molecule has 0 spiro atoms. The molecular formula is C13H13N5O2. The smallest absolute Gasteiger partial charge is 0.282 e. The fourth-order valence-electron chi connectivity index (χ4n) is 1.96. The number of ether oxygens (including phenoxy) is 1. The molecule has 0 aliphatic rings. The summed E-state index contributed by atoms with van der Waals surface area (Å²) in [5, 5.41) is 4.57. The zero-order chi connectivity index (χ0) is 14.1. The van der Waals surface area contributed by atoms with Crippen LogP contribution in [0.1, 0.15) is 6.92 Å². The van der Waals surface area contributed by atoms with Gasteiger partial charge in [0.25, 0.3) is 5.56 Å². The van der Waals surface area contributed by atoms with Crippen LogP contribution in [-0.2, 0) is 0 Å². The van der Waals surface area contributed by atoms with Crippen molar-refractivity contribution in [2.75, 3.05) is 12.4 Å². The van der Waals surface area contributed by atoms with Gasteiger partial charge < -0.3 is 10.6 Å². The van der Waals surface area contributed by atoms with Crippen LogP contribution in [0.2, 0.25) is 0 Å². The lowest BCUT2D eigenvalue weighted by atomic mass is 10.3. The second kappa shape index (κ2) is 4.69. The van der Waals surface area contributed by atoms with Gasteiger partial charge in [0.15, 0.2) is 5.65 Å². The van der Waals surface area contributed by atoms with Crippen molar-refractivity contribution in [3.8, 4) is 11.4 Å². The summed E-state index contributed by atoms with van der Waals surface area (Å²) in [6.45, 7) is 2.54. The first kappa shape index (κ1) is 12.2. The van der Waals surface area contributed by atoms with E-state index >= 15 is 0 Å². The topological polar surface area (TPSA) is 88.0 Å². The number of hydrogen-bond acceptors (Lipinski definition) is 5. The number of fused-ring (bicyclic) bond motifs is 1. The predicted molar refractivity (Wildman–Crippen MR) is 74.4 cm³/mol. The minimum Gasteiger partial charge on any atom is -0.494 e. The molecule has 2 N–H and O–H groups in total. The Hall–Kier alpha value is -2.83. The van der Waals surface area contributed by atoms with Crippen LogP contribution in [0.3, 0.4) is 0 Å². The van der Waals surface area contributed by atoms with E-state index in [0.717, 1.165) is 16.1 Å². The maximum atomic E-state index is 11.8. The van der Waals surface area contributed by atoms with Crippen LogP contribution in [0.25, 0.3) is 16.7 Å². The zero-order valence-corrected chi connectivity index (χ0v) is 10.9. The second-order valence-corrected chi connectivity index (χ2v) is 4.18. The summed E-state index contributed by atoms with van der Waals surface area (Å²) < 4.78 is 7.91. The lowest BCUT2D eigenvalue weighted by molar-refractivity contribution is 0.340. The van der Waals surface area contributed by atoms with Gasteiger partial charge in [-0.3, -0.25) is 4.79 Å². The van der Waals surface area contributed by atoms with Crippen LogP contribution in [0.15, 0.2) is 41.6 Å². The molecule has 102 valence electrons. The molecule has 0 atom stereocenters. The van der Waals surface area contributed by atoms with E-state index in [4.69, 9.17) is 10.6 Å². The normalized spacial score (nSPS) is 10.8. The largest absolute Gasteiger partial charge is 0.494 e. The molecule has 2 heterocycles. The molecule has 0 unspecified atom stereocenters. The SMILES string of the molecule is CCOc1ccc(-n2ncc3c(=O)n(N)cnc32)cc1. The number of hydrogen-bond donors (Lipinski definition) is 1. The first-order chi connectivity index (χ1) is 9.70. The lowest BCUT2D eigenvalue weighted by Gasteiger charge is -2.06. The zero-order valence-electron chi connectivity index (χ0n) is 10.9. The van der Waals surface area contributed by atoms with Gasteiger partial charge in [-0.1, -0.05) is 0 Å². The number of nitrogens with zero attached hydrogens (tertiary/aromatic N) is 4. The first-order valence-electron chi connectivity index (χ1n) is 6.14. The third-order valence-electron chi connectivity index (χ3n) is 2.91. The third kappa shape index (κ3) is 1.89. The maximum Gasteiger partial charge on any atom is 0.282 e. The van der Waals surface area contributed by atoms with Crippen LogP contribution >= 0.6 is 0 Å². The van der Waals surface area contributed by atoms with Crippen molar-refractivity contribution in [1.29, 1.82) is 0 Å². The number of nitrogens with two attached hydrogens (primary N) is 1.